The van der Waals surface area contributed by atoms with Crippen LogP contribution in [0.15, 0.2) is 35.5 Å². The first kappa shape index (κ1) is 19.8. The molecule has 28 heavy (non-hydrogen) atoms. The maximum atomic E-state index is 12.7. The van der Waals surface area contributed by atoms with Crippen molar-refractivity contribution in [1.29, 1.82) is 0 Å². The summed E-state index contributed by atoms with van der Waals surface area (Å²) in [4.78, 5) is 37.0. The van der Waals surface area contributed by atoms with Crippen LogP contribution in [-0.2, 0) is 9.53 Å². The summed E-state index contributed by atoms with van der Waals surface area (Å²) in [5.74, 6) is -0.530. The standard InChI is InChI=1S/C19H24N4O5/c1-2-28-18(24)16-15(12-22-9-4-3-5-10-22)20-19(25)21-17(16)13-7-6-8-14(11-13)23(26)27/h6-8,11,17H,2-5,9-10,12H2,1H3,(H2,20,21,25)/p+1/t17-/m0/s1. The number of amides is 2. The van der Waals surface area contributed by atoms with Crippen molar-refractivity contribution in [1.82, 2.24) is 10.6 Å². The van der Waals surface area contributed by atoms with Crippen molar-refractivity contribution in [2.24, 2.45) is 0 Å². The molecule has 2 heterocycles. The van der Waals surface area contributed by atoms with Gasteiger partial charge in [0.2, 0.25) is 0 Å². The van der Waals surface area contributed by atoms with E-state index >= 15 is 0 Å². The van der Waals surface area contributed by atoms with Gasteiger partial charge in [0.25, 0.3) is 5.69 Å². The molecular weight excluding hydrogens is 364 g/mol. The molecule has 0 bridgehead atoms. The first-order valence-corrected chi connectivity index (χ1v) is 9.55. The lowest BCUT2D eigenvalue weighted by Gasteiger charge is -2.31. The molecule has 9 heteroatoms. The Kier molecular flexibility index (Phi) is 6.25. The Bertz CT molecular complexity index is 801. The zero-order valence-corrected chi connectivity index (χ0v) is 15.8. The minimum absolute atomic E-state index is 0.100. The molecule has 1 aromatic rings. The molecule has 9 nitrogen and oxygen atoms in total. The first-order valence-electron chi connectivity index (χ1n) is 9.55. The van der Waals surface area contributed by atoms with Crippen molar-refractivity contribution in [2.75, 3.05) is 26.2 Å². The normalized spacial score (nSPS) is 20.3. The second-order valence-corrected chi connectivity index (χ2v) is 6.98. The van der Waals surface area contributed by atoms with Crippen LogP contribution < -0.4 is 15.5 Å². The van der Waals surface area contributed by atoms with Crippen molar-refractivity contribution in [2.45, 2.75) is 32.2 Å². The molecule has 0 radical (unpaired) electrons. The molecule has 3 rings (SSSR count). The summed E-state index contributed by atoms with van der Waals surface area (Å²) in [6.45, 7) is 4.37. The van der Waals surface area contributed by atoms with E-state index in [1.807, 2.05) is 0 Å². The zero-order chi connectivity index (χ0) is 20.1. The Labute approximate surface area is 162 Å². The number of esters is 1. The number of carbonyl (C=O) groups is 2. The van der Waals surface area contributed by atoms with Gasteiger partial charge in [-0.1, -0.05) is 12.1 Å². The van der Waals surface area contributed by atoms with E-state index in [0.29, 0.717) is 23.4 Å². The molecule has 150 valence electrons. The minimum Gasteiger partial charge on any atom is -0.463 e. The highest BCUT2D eigenvalue weighted by molar-refractivity contribution is 5.95. The first-order chi connectivity index (χ1) is 13.5. The third kappa shape index (κ3) is 4.48. The van der Waals surface area contributed by atoms with Crippen molar-refractivity contribution in [3.8, 4) is 0 Å². The van der Waals surface area contributed by atoms with E-state index in [2.05, 4.69) is 10.6 Å². The van der Waals surface area contributed by atoms with Crippen LogP contribution in [0.4, 0.5) is 10.5 Å². The molecule has 0 saturated carbocycles. The van der Waals surface area contributed by atoms with Gasteiger partial charge in [0.1, 0.15) is 6.54 Å². The number of hydrogen-bond donors (Lipinski definition) is 3. The van der Waals surface area contributed by atoms with E-state index in [9.17, 15) is 19.7 Å². The number of rotatable bonds is 6. The summed E-state index contributed by atoms with van der Waals surface area (Å²) in [7, 11) is 0. The lowest BCUT2D eigenvalue weighted by molar-refractivity contribution is -0.900. The van der Waals surface area contributed by atoms with Crippen molar-refractivity contribution >= 4 is 17.7 Å². The summed E-state index contributed by atoms with van der Waals surface area (Å²) in [5.41, 5.74) is 1.20. The molecule has 1 atom stereocenters. The Hall–Kier alpha value is -2.94. The Morgan fingerprint density at radius 2 is 2.07 bits per heavy atom. The smallest absolute Gasteiger partial charge is 0.338 e. The van der Waals surface area contributed by atoms with Gasteiger partial charge in [-0.15, -0.1) is 0 Å². The van der Waals surface area contributed by atoms with Gasteiger partial charge in [0, 0.05) is 12.1 Å². The third-order valence-electron chi connectivity index (χ3n) is 5.05. The maximum Gasteiger partial charge on any atom is 0.338 e. The fourth-order valence-corrected chi connectivity index (χ4v) is 3.75. The summed E-state index contributed by atoms with van der Waals surface area (Å²) < 4.78 is 5.23. The fourth-order valence-electron chi connectivity index (χ4n) is 3.75. The number of nitro groups is 1. The Morgan fingerprint density at radius 3 is 2.75 bits per heavy atom. The van der Waals surface area contributed by atoms with Gasteiger partial charge < -0.3 is 20.3 Å². The highest BCUT2D eigenvalue weighted by Gasteiger charge is 2.36. The Morgan fingerprint density at radius 1 is 1.32 bits per heavy atom. The number of piperidine rings is 1. The monoisotopic (exact) mass is 389 g/mol. The minimum atomic E-state index is -0.799. The van der Waals surface area contributed by atoms with E-state index in [4.69, 9.17) is 4.74 Å². The number of likely N-dealkylation sites (tertiary alicyclic amines) is 1. The number of nitrogens with one attached hydrogen (secondary N) is 3. The number of benzene rings is 1. The van der Waals surface area contributed by atoms with Gasteiger partial charge in [-0.05, 0) is 31.7 Å². The highest BCUT2D eigenvalue weighted by atomic mass is 16.6. The van der Waals surface area contributed by atoms with Gasteiger partial charge in [0.05, 0.1) is 41.9 Å². The molecule has 1 saturated heterocycles. The Balaban J connectivity index is 2.01. The van der Waals surface area contributed by atoms with E-state index in [0.717, 1.165) is 25.9 Å². The average molecular weight is 389 g/mol. The van der Waals surface area contributed by atoms with Crippen LogP contribution in [0, 0.1) is 10.1 Å². The summed E-state index contributed by atoms with van der Waals surface area (Å²) >= 11 is 0. The molecular formula is C19H25N4O5+. The lowest BCUT2D eigenvalue weighted by atomic mass is 9.94. The number of quaternary nitrogens is 1. The SMILES string of the molecule is CCOC(=O)C1=C(C[NH+]2CCCCC2)NC(=O)N[C@H]1c1cccc([N+](=O)[O-])c1. The second-order valence-electron chi connectivity index (χ2n) is 6.98. The lowest BCUT2D eigenvalue weighted by Crippen LogP contribution is -3.13. The fraction of sp³-hybridized carbons (Fsp3) is 0.474. The summed E-state index contributed by atoms with van der Waals surface area (Å²) in [6, 6.07) is 4.72. The average Bonchev–Trinajstić information content (AvgIpc) is 2.68. The van der Waals surface area contributed by atoms with Crippen molar-refractivity contribution < 1.29 is 24.1 Å². The zero-order valence-electron chi connectivity index (χ0n) is 15.8. The topological polar surface area (TPSA) is 115 Å². The molecule has 1 fully saturated rings. The molecule has 3 N–H and O–H groups in total. The number of urea groups is 1. The maximum absolute atomic E-state index is 12.7. The molecule has 0 aromatic heterocycles. The third-order valence-corrected chi connectivity index (χ3v) is 5.05. The van der Waals surface area contributed by atoms with E-state index < -0.39 is 23.0 Å². The van der Waals surface area contributed by atoms with Gasteiger partial charge in [-0.25, -0.2) is 9.59 Å². The van der Waals surface area contributed by atoms with Gasteiger partial charge in [-0.3, -0.25) is 10.1 Å². The molecule has 2 aliphatic rings. The molecule has 2 amide bonds. The van der Waals surface area contributed by atoms with E-state index in [-0.39, 0.29) is 12.3 Å². The van der Waals surface area contributed by atoms with Crippen LogP contribution >= 0.6 is 0 Å². The van der Waals surface area contributed by atoms with Gasteiger partial charge in [-0.2, -0.15) is 0 Å². The number of hydrogen-bond acceptors (Lipinski definition) is 5. The van der Waals surface area contributed by atoms with E-state index in [1.54, 1.807) is 19.1 Å². The number of ether oxygens (including phenoxy) is 1. The second kappa shape index (κ2) is 8.83. The van der Waals surface area contributed by atoms with Crippen LogP contribution in [0.25, 0.3) is 0 Å². The highest BCUT2D eigenvalue weighted by Crippen LogP contribution is 2.29. The quantitative estimate of drug-likeness (QED) is 0.379. The molecule has 1 aromatic carbocycles. The van der Waals surface area contributed by atoms with Crippen molar-refractivity contribution in [3.05, 3.63) is 51.2 Å². The van der Waals surface area contributed by atoms with Gasteiger partial charge >= 0.3 is 12.0 Å². The number of carbonyl (C=O) groups excluding carboxylic acids is 2. The predicted octanol–water partition coefficient (Wildman–Crippen LogP) is 0.835. The van der Waals surface area contributed by atoms with Crippen LogP contribution in [0.2, 0.25) is 0 Å². The molecule has 0 aliphatic carbocycles. The van der Waals surface area contributed by atoms with E-state index in [1.165, 1.54) is 23.5 Å². The van der Waals surface area contributed by atoms with Crippen molar-refractivity contribution in [3.63, 3.8) is 0 Å². The largest absolute Gasteiger partial charge is 0.463 e. The summed E-state index contributed by atoms with van der Waals surface area (Å²) in [6.07, 6.45) is 3.41. The van der Waals surface area contributed by atoms with Crippen LogP contribution in [-0.4, -0.2) is 43.2 Å². The van der Waals surface area contributed by atoms with Crippen LogP contribution in [0.1, 0.15) is 37.8 Å². The number of nitro benzene ring substituents is 1. The van der Waals surface area contributed by atoms with Crippen LogP contribution in [0.5, 0.6) is 0 Å². The number of nitrogens with zero attached hydrogens (tertiary/aromatic N) is 1. The number of non-ortho nitro benzene ring substituents is 1. The predicted molar refractivity (Wildman–Crippen MR) is 101 cm³/mol. The molecule has 0 unspecified atom stereocenters. The summed E-state index contributed by atoms with van der Waals surface area (Å²) in [5, 5.41) is 16.6. The molecule has 2 aliphatic heterocycles. The van der Waals surface area contributed by atoms with Crippen LogP contribution in [0.3, 0.4) is 0 Å². The van der Waals surface area contributed by atoms with Gasteiger partial charge in [0.15, 0.2) is 0 Å². The molecule has 0 spiro atoms.